The summed E-state index contributed by atoms with van der Waals surface area (Å²) in [5, 5.41) is 7.78. The molecule has 1 amide bonds. The Bertz CT molecular complexity index is 1010. The lowest BCUT2D eigenvalue weighted by molar-refractivity contribution is -0.115. The van der Waals surface area contributed by atoms with Crippen LogP contribution in [0.3, 0.4) is 0 Å². The van der Waals surface area contributed by atoms with Crippen molar-refractivity contribution in [2.75, 3.05) is 5.32 Å². The van der Waals surface area contributed by atoms with Gasteiger partial charge in [-0.3, -0.25) is 4.79 Å². The molecular weight excluding hydrogens is 361 g/mol. The van der Waals surface area contributed by atoms with E-state index in [-0.39, 0.29) is 18.1 Å². The van der Waals surface area contributed by atoms with Crippen molar-refractivity contribution in [2.24, 2.45) is 0 Å². The minimum Gasteiger partial charge on any atom is -0.310 e. The van der Waals surface area contributed by atoms with Crippen molar-refractivity contribution < 1.29 is 9.18 Å². The third kappa shape index (κ3) is 3.62. The lowest BCUT2D eigenvalue weighted by atomic mass is 10.1. The highest BCUT2D eigenvalue weighted by molar-refractivity contribution is 7.98. The van der Waals surface area contributed by atoms with E-state index in [1.54, 1.807) is 23.9 Å². The summed E-state index contributed by atoms with van der Waals surface area (Å²) in [6.07, 6.45) is 0.195. The van der Waals surface area contributed by atoms with Gasteiger partial charge >= 0.3 is 0 Å². The number of benzene rings is 2. The fourth-order valence-corrected chi connectivity index (χ4v) is 4.18. The molecule has 3 aromatic rings. The first-order chi connectivity index (χ1) is 13.0. The first-order valence-electron chi connectivity index (χ1n) is 8.81. The van der Waals surface area contributed by atoms with Crippen LogP contribution in [0.25, 0.3) is 5.69 Å². The zero-order valence-corrected chi connectivity index (χ0v) is 16.1. The molecule has 0 spiro atoms. The van der Waals surface area contributed by atoms with Gasteiger partial charge in [0.05, 0.1) is 17.8 Å². The predicted octanol–water partition coefficient (Wildman–Crippen LogP) is 4.56. The smallest absolute Gasteiger partial charge is 0.229 e. The van der Waals surface area contributed by atoms with E-state index in [2.05, 4.69) is 31.3 Å². The number of aromatic nitrogens is 2. The standard InChI is InChI=1S/C21H20FN3OS/c1-13-3-8-17(9-14(13)2)25-21(18-11-27-12-19(18)24-25)23-20(26)10-15-4-6-16(22)7-5-15/h3-9H,10-12H2,1-2H3,(H,23,26). The number of nitrogens with zero attached hydrogens (tertiary/aromatic N) is 2. The van der Waals surface area contributed by atoms with Crippen LogP contribution in [0, 0.1) is 19.7 Å². The van der Waals surface area contributed by atoms with Gasteiger partial charge in [-0.05, 0) is 54.8 Å². The van der Waals surface area contributed by atoms with E-state index >= 15 is 0 Å². The largest absolute Gasteiger partial charge is 0.310 e. The van der Waals surface area contributed by atoms with Gasteiger partial charge in [0.1, 0.15) is 11.6 Å². The van der Waals surface area contributed by atoms with Crippen LogP contribution >= 0.6 is 11.8 Å². The molecule has 0 radical (unpaired) electrons. The van der Waals surface area contributed by atoms with E-state index in [4.69, 9.17) is 5.10 Å². The number of anilines is 1. The molecule has 6 heteroatoms. The number of carbonyl (C=O) groups is 1. The quantitative estimate of drug-likeness (QED) is 0.721. The molecule has 0 saturated heterocycles. The maximum atomic E-state index is 13.1. The van der Waals surface area contributed by atoms with E-state index in [0.717, 1.165) is 39.8 Å². The van der Waals surface area contributed by atoms with Crippen molar-refractivity contribution >= 4 is 23.5 Å². The molecule has 2 heterocycles. The summed E-state index contributed by atoms with van der Waals surface area (Å²) in [4.78, 5) is 12.6. The van der Waals surface area contributed by atoms with Crippen LogP contribution in [0.4, 0.5) is 10.2 Å². The Hall–Kier alpha value is -2.60. The van der Waals surface area contributed by atoms with Crippen LogP contribution in [-0.2, 0) is 22.7 Å². The minimum atomic E-state index is -0.304. The van der Waals surface area contributed by atoms with Crippen molar-refractivity contribution in [3.63, 3.8) is 0 Å². The molecule has 1 aromatic heterocycles. The molecule has 0 unspecified atom stereocenters. The fourth-order valence-electron chi connectivity index (χ4n) is 3.15. The molecule has 1 aliphatic rings. The van der Waals surface area contributed by atoms with Gasteiger partial charge in [-0.25, -0.2) is 9.07 Å². The number of hydrogen-bond donors (Lipinski definition) is 1. The van der Waals surface area contributed by atoms with Crippen molar-refractivity contribution in [2.45, 2.75) is 31.8 Å². The zero-order valence-electron chi connectivity index (χ0n) is 15.3. The Morgan fingerprint density at radius 1 is 1.15 bits per heavy atom. The molecule has 0 bridgehead atoms. The molecule has 0 aliphatic carbocycles. The Balaban J connectivity index is 1.64. The highest BCUT2D eigenvalue weighted by atomic mass is 32.2. The maximum Gasteiger partial charge on any atom is 0.229 e. The molecule has 1 N–H and O–H groups in total. The molecule has 27 heavy (non-hydrogen) atoms. The molecule has 0 saturated carbocycles. The average Bonchev–Trinajstić information content (AvgIpc) is 3.22. The van der Waals surface area contributed by atoms with Crippen molar-refractivity contribution in [3.05, 3.63) is 76.2 Å². The van der Waals surface area contributed by atoms with Gasteiger partial charge in [0.15, 0.2) is 0 Å². The third-order valence-corrected chi connectivity index (χ3v) is 5.79. The predicted molar refractivity (Wildman–Crippen MR) is 107 cm³/mol. The third-order valence-electron chi connectivity index (χ3n) is 4.82. The highest BCUT2D eigenvalue weighted by Crippen LogP contribution is 2.36. The summed E-state index contributed by atoms with van der Waals surface area (Å²) in [7, 11) is 0. The van der Waals surface area contributed by atoms with Crippen LogP contribution in [-0.4, -0.2) is 15.7 Å². The molecule has 4 nitrogen and oxygen atoms in total. The Kier molecular flexibility index (Phi) is 4.74. The molecule has 1 aliphatic heterocycles. The highest BCUT2D eigenvalue weighted by Gasteiger charge is 2.24. The lowest BCUT2D eigenvalue weighted by Gasteiger charge is -2.12. The number of aryl methyl sites for hydroxylation is 2. The summed E-state index contributed by atoms with van der Waals surface area (Å²) in [5.74, 6) is 2.00. The van der Waals surface area contributed by atoms with Crippen molar-refractivity contribution in [1.82, 2.24) is 9.78 Å². The van der Waals surface area contributed by atoms with Gasteiger partial charge in [0, 0.05) is 17.1 Å². The van der Waals surface area contributed by atoms with Gasteiger partial charge in [-0.2, -0.15) is 16.9 Å². The van der Waals surface area contributed by atoms with Crippen molar-refractivity contribution in [1.29, 1.82) is 0 Å². The van der Waals surface area contributed by atoms with E-state index in [1.807, 2.05) is 10.7 Å². The second-order valence-electron chi connectivity index (χ2n) is 6.80. The topological polar surface area (TPSA) is 46.9 Å². The van der Waals surface area contributed by atoms with E-state index < -0.39 is 0 Å². The van der Waals surface area contributed by atoms with Gasteiger partial charge in [0.2, 0.25) is 5.91 Å². The number of halogens is 1. The minimum absolute atomic E-state index is 0.133. The van der Waals surface area contributed by atoms with Crippen LogP contribution in [0.15, 0.2) is 42.5 Å². The van der Waals surface area contributed by atoms with E-state index in [0.29, 0.717) is 0 Å². The number of rotatable bonds is 4. The number of nitrogens with one attached hydrogen (secondary N) is 1. The van der Waals surface area contributed by atoms with E-state index in [9.17, 15) is 9.18 Å². The monoisotopic (exact) mass is 381 g/mol. The first-order valence-corrected chi connectivity index (χ1v) is 9.97. The second kappa shape index (κ2) is 7.19. The van der Waals surface area contributed by atoms with Crippen LogP contribution in [0.2, 0.25) is 0 Å². The molecule has 0 atom stereocenters. The number of thioether (sulfide) groups is 1. The van der Waals surface area contributed by atoms with E-state index in [1.165, 1.54) is 23.3 Å². The number of carbonyl (C=O) groups excluding carboxylic acids is 1. The lowest BCUT2D eigenvalue weighted by Crippen LogP contribution is -2.18. The Morgan fingerprint density at radius 3 is 2.67 bits per heavy atom. The SMILES string of the molecule is Cc1ccc(-n2nc3c(c2NC(=O)Cc2ccc(F)cc2)CSC3)cc1C. The summed E-state index contributed by atoms with van der Waals surface area (Å²) in [5.41, 5.74) is 6.23. The fraction of sp³-hybridized carbons (Fsp3) is 0.238. The summed E-state index contributed by atoms with van der Waals surface area (Å²) >= 11 is 1.80. The average molecular weight is 381 g/mol. The summed E-state index contributed by atoms with van der Waals surface area (Å²) in [6.45, 7) is 4.14. The maximum absolute atomic E-state index is 13.1. The molecule has 0 fully saturated rings. The van der Waals surface area contributed by atoms with Gasteiger partial charge in [-0.15, -0.1) is 0 Å². The number of amides is 1. The van der Waals surface area contributed by atoms with Crippen LogP contribution < -0.4 is 5.32 Å². The second-order valence-corrected chi connectivity index (χ2v) is 7.78. The van der Waals surface area contributed by atoms with Crippen LogP contribution in [0.1, 0.15) is 27.9 Å². The van der Waals surface area contributed by atoms with Gasteiger partial charge in [-0.1, -0.05) is 18.2 Å². The van der Waals surface area contributed by atoms with Crippen molar-refractivity contribution in [3.8, 4) is 5.69 Å². The Labute approximate surface area is 161 Å². The van der Waals surface area contributed by atoms with Gasteiger partial charge < -0.3 is 5.32 Å². The summed E-state index contributed by atoms with van der Waals surface area (Å²) in [6, 6.07) is 12.2. The first kappa shape index (κ1) is 17.8. The Morgan fingerprint density at radius 2 is 1.93 bits per heavy atom. The molecular formula is C21H20FN3OS. The van der Waals surface area contributed by atoms with Crippen LogP contribution in [0.5, 0.6) is 0 Å². The van der Waals surface area contributed by atoms with Gasteiger partial charge in [0.25, 0.3) is 0 Å². The zero-order chi connectivity index (χ0) is 19.0. The number of hydrogen-bond acceptors (Lipinski definition) is 3. The molecule has 2 aromatic carbocycles. The molecule has 138 valence electrons. The number of fused-ring (bicyclic) bond motifs is 1. The summed E-state index contributed by atoms with van der Waals surface area (Å²) < 4.78 is 14.9. The normalized spacial score (nSPS) is 12.9. The molecule has 4 rings (SSSR count).